The molecule has 0 saturated heterocycles. The number of nitrogens with one attached hydrogen (secondary N) is 1. The molecule has 1 amide bonds. The number of anilines is 3. The van der Waals surface area contributed by atoms with E-state index in [9.17, 15) is 14.4 Å². The Morgan fingerprint density at radius 2 is 1.89 bits per heavy atom. The normalized spacial score (nSPS) is 14.4. The molecule has 0 atom stereocenters. The molecule has 3 aromatic heterocycles. The zero-order valence-electron chi connectivity index (χ0n) is 27.3. The maximum Gasteiger partial charge on any atom is 0.302 e. The lowest BCUT2D eigenvalue weighted by Crippen LogP contribution is -2.41. The van der Waals surface area contributed by atoms with E-state index < -0.39 is 5.97 Å². The topological polar surface area (TPSA) is 102 Å². The van der Waals surface area contributed by atoms with Crippen LogP contribution in [0, 0.1) is 0 Å². The summed E-state index contributed by atoms with van der Waals surface area (Å²) in [6.07, 6.45) is 7.90. The van der Waals surface area contributed by atoms with Crippen LogP contribution in [-0.4, -0.2) is 50.5 Å². The lowest BCUT2D eigenvalue weighted by molar-refractivity contribution is -0.142. The first kappa shape index (κ1) is 31.3. The van der Waals surface area contributed by atoms with E-state index in [0.717, 1.165) is 48.9 Å². The van der Waals surface area contributed by atoms with Crippen LogP contribution in [0.2, 0.25) is 0 Å². The number of pyridine rings is 2. The van der Waals surface area contributed by atoms with Crippen molar-refractivity contribution in [3.8, 4) is 11.1 Å². The third-order valence-electron chi connectivity index (χ3n) is 9.18. The van der Waals surface area contributed by atoms with Gasteiger partial charge >= 0.3 is 5.97 Å². The number of hydrogen-bond acceptors (Lipinski definition) is 7. The molecule has 10 nitrogen and oxygen atoms in total. The summed E-state index contributed by atoms with van der Waals surface area (Å²) in [6, 6.07) is 13.9. The number of rotatable bonds is 9. The number of benzene rings is 1. The minimum atomic E-state index is -0.413. The molecule has 2 aliphatic rings. The van der Waals surface area contributed by atoms with Crippen LogP contribution >= 0.6 is 0 Å². The van der Waals surface area contributed by atoms with Crippen LogP contribution in [0.15, 0.2) is 59.7 Å². The zero-order chi connectivity index (χ0) is 32.5. The summed E-state index contributed by atoms with van der Waals surface area (Å²) in [5.41, 5.74) is 7.43. The summed E-state index contributed by atoms with van der Waals surface area (Å²) in [6.45, 7) is 7.65. The Labute approximate surface area is 269 Å². The molecule has 6 rings (SSSR count). The number of amides is 1. The Morgan fingerprint density at radius 3 is 2.63 bits per heavy atom. The molecule has 1 aliphatic heterocycles. The first-order valence-corrected chi connectivity index (χ1v) is 16.0. The molecule has 0 unspecified atom stereocenters. The molecule has 0 spiro atoms. The number of carbonyl (C=O) groups is 2. The predicted molar refractivity (Wildman–Crippen MR) is 179 cm³/mol. The Hall–Kier alpha value is -4.70. The predicted octanol–water partition coefficient (Wildman–Crippen LogP) is 5.43. The highest BCUT2D eigenvalue weighted by Crippen LogP contribution is 2.36. The highest BCUT2D eigenvalue weighted by Gasteiger charge is 2.32. The van der Waals surface area contributed by atoms with E-state index in [1.807, 2.05) is 36.5 Å². The van der Waals surface area contributed by atoms with Gasteiger partial charge in [-0.05, 0) is 87.5 Å². The Bertz CT molecular complexity index is 1840. The van der Waals surface area contributed by atoms with E-state index >= 15 is 0 Å². The number of fused-ring (bicyclic) bond motifs is 3. The lowest BCUT2D eigenvalue weighted by atomic mass is 9.98. The van der Waals surface area contributed by atoms with E-state index in [1.165, 1.54) is 22.7 Å². The monoisotopic (exact) mass is 622 g/mol. The Balaban J connectivity index is 1.35. The zero-order valence-corrected chi connectivity index (χ0v) is 27.3. The van der Waals surface area contributed by atoms with Crippen LogP contribution in [0.3, 0.4) is 0 Å². The first-order chi connectivity index (χ1) is 22.1. The summed E-state index contributed by atoms with van der Waals surface area (Å²) in [7, 11) is 3.78. The second-order valence-electron chi connectivity index (χ2n) is 12.6. The van der Waals surface area contributed by atoms with Crippen LogP contribution in [0.5, 0.6) is 0 Å². The minimum Gasteiger partial charge on any atom is -0.461 e. The third-order valence-corrected chi connectivity index (χ3v) is 9.18. The smallest absolute Gasteiger partial charge is 0.302 e. The summed E-state index contributed by atoms with van der Waals surface area (Å²) in [5, 5.41) is 3.21. The first-order valence-electron chi connectivity index (χ1n) is 16.0. The molecule has 0 fully saturated rings. The van der Waals surface area contributed by atoms with Gasteiger partial charge in [0, 0.05) is 68.9 Å². The van der Waals surface area contributed by atoms with Crippen molar-refractivity contribution < 1.29 is 14.3 Å². The third kappa shape index (κ3) is 6.22. The van der Waals surface area contributed by atoms with Gasteiger partial charge in [-0.1, -0.05) is 18.2 Å². The Morgan fingerprint density at radius 1 is 1.09 bits per heavy atom. The van der Waals surface area contributed by atoms with Crippen molar-refractivity contribution in [1.82, 2.24) is 19.0 Å². The van der Waals surface area contributed by atoms with Crippen LogP contribution < -0.4 is 15.8 Å². The summed E-state index contributed by atoms with van der Waals surface area (Å²) < 4.78 is 9.26. The van der Waals surface area contributed by atoms with Gasteiger partial charge in [0.15, 0.2) is 0 Å². The van der Waals surface area contributed by atoms with Crippen LogP contribution in [0.1, 0.15) is 66.5 Å². The number of esters is 1. The van der Waals surface area contributed by atoms with Crippen molar-refractivity contribution in [1.29, 1.82) is 0 Å². The second-order valence-corrected chi connectivity index (χ2v) is 12.6. The van der Waals surface area contributed by atoms with Gasteiger partial charge in [-0.25, -0.2) is 4.98 Å². The number of aromatic nitrogens is 3. The van der Waals surface area contributed by atoms with Crippen LogP contribution in [-0.2, 0) is 49.1 Å². The number of ether oxygens (including phenoxy) is 1. The molecule has 0 saturated carbocycles. The van der Waals surface area contributed by atoms with Crippen LogP contribution in [0.25, 0.3) is 11.1 Å². The molecule has 46 heavy (non-hydrogen) atoms. The lowest BCUT2D eigenvalue weighted by Gasteiger charge is -2.32. The van der Waals surface area contributed by atoms with Gasteiger partial charge in [-0.2, -0.15) is 0 Å². The van der Waals surface area contributed by atoms with Crippen molar-refractivity contribution in [3.63, 3.8) is 0 Å². The molecule has 0 radical (unpaired) electrons. The fourth-order valence-corrected chi connectivity index (χ4v) is 6.44. The summed E-state index contributed by atoms with van der Waals surface area (Å²) in [5.74, 6) is 0.0895. The number of hydrogen-bond donors (Lipinski definition) is 1. The minimum absolute atomic E-state index is 0.0123. The number of carbonyl (C=O) groups excluding carboxylic acids is 2. The van der Waals surface area contributed by atoms with Crippen molar-refractivity contribution in [2.75, 3.05) is 23.8 Å². The molecule has 240 valence electrons. The molecular weight excluding hydrogens is 580 g/mol. The van der Waals surface area contributed by atoms with Crippen molar-refractivity contribution in [2.45, 2.75) is 72.2 Å². The fourth-order valence-electron chi connectivity index (χ4n) is 6.44. The molecule has 1 aliphatic carbocycles. The van der Waals surface area contributed by atoms with Gasteiger partial charge < -0.3 is 24.1 Å². The van der Waals surface area contributed by atoms with Gasteiger partial charge in [0.2, 0.25) is 0 Å². The number of aryl methyl sites for hydroxylation is 2. The maximum absolute atomic E-state index is 14.0. The van der Waals surface area contributed by atoms with Crippen molar-refractivity contribution in [2.24, 2.45) is 7.05 Å². The van der Waals surface area contributed by atoms with Crippen LogP contribution in [0.4, 0.5) is 17.2 Å². The van der Waals surface area contributed by atoms with Gasteiger partial charge in [0.25, 0.3) is 11.5 Å². The fraction of sp³-hybridized carbons (Fsp3) is 0.389. The van der Waals surface area contributed by atoms with Gasteiger partial charge in [0.05, 0.1) is 5.69 Å². The molecule has 4 heterocycles. The standard InChI is InChI=1S/C36H42N6O4/c1-23(2)39(4)20-25-13-14-34(37-19-25)38-30-17-27(21-40(5)35(30)44)28-10-8-12-32(29(28)22-46-24(3)43)42-16-15-41-31-11-7-6-9-26(31)18-33(41)36(42)45/h8,10,12-14,17-19,21,23H,6-7,9,11,15-16,20,22H2,1-5H3,(H,37,38). The number of nitrogens with zero attached hydrogens (tertiary/aromatic N) is 5. The van der Waals surface area contributed by atoms with E-state index in [0.29, 0.717) is 47.6 Å². The largest absolute Gasteiger partial charge is 0.461 e. The van der Waals surface area contributed by atoms with E-state index in [4.69, 9.17) is 4.74 Å². The summed E-state index contributed by atoms with van der Waals surface area (Å²) >= 11 is 0. The highest BCUT2D eigenvalue weighted by atomic mass is 16.5. The van der Waals surface area contributed by atoms with Crippen molar-refractivity contribution >= 4 is 29.1 Å². The molecule has 4 aromatic rings. The molecule has 0 bridgehead atoms. The molecule has 1 aromatic carbocycles. The summed E-state index contributed by atoms with van der Waals surface area (Å²) in [4.78, 5) is 47.8. The van der Waals surface area contributed by atoms with E-state index in [-0.39, 0.29) is 18.1 Å². The van der Waals surface area contributed by atoms with Gasteiger partial charge in [-0.15, -0.1) is 0 Å². The average molecular weight is 623 g/mol. The van der Waals surface area contributed by atoms with Gasteiger partial charge in [0.1, 0.15) is 23.8 Å². The van der Waals surface area contributed by atoms with Gasteiger partial charge in [-0.3, -0.25) is 19.3 Å². The molecular formula is C36H42N6O4. The maximum atomic E-state index is 14.0. The second kappa shape index (κ2) is 13.0. The SMILES string of the molecule is CC(=O)OCc1c(-c2cc(Nc3ccc(CN(C)C(C)C)cn3)c(=O)n(C)c2)cccc1N1CCn2c(cc3c2CCCC3)C1=O. The van der Waals surface area contributed by atoms with E-state index in [2.05, 4.69) is 46.7 Å². The Kier molecular flexibility index (Phi) is 8.82. The highest BCUT2D eigenvalue weighted by molar-refractivity contribution is 6.07. The quantitative estimate of drug-likeness (QED) is 0.248. The van der Waals surface area contributed by atoms with Crippen molar-refractivity contribution in [3.05, 3.63) is 93.3 Å². The molecule has 1 N–H and O–H groups in total. The van der Waals surface area contributed by atoms with E-state index in [1.54, 1.807) is 24.2 Å². The molecule has 10 heteroatoms. The average Bonchev–Trinajstić information content (AvgIpc) is 3.43.